The van der Waals surface area contributed by atoms with E-state index in [4.69, 9.17) is 20.4 Å². The fraction of sp³-hybridized carbons (Fsp3) is 1.00. The van der Waals surface area contributed by atoms with Crippen molar-refractivity contribution in [3.05, 3.63) is 0 Å². The second-order valence-corrected chi connectivity index (χ2v) is 4.15. The van der Waals surface area contributed by atoms with E-state index < -0.39 is 29.0 Å². The van der Waals surface area contributed by atoms with Crippen LogP contribution in [-0.4, -0.2) is 49.4 Å². The Kier molecular flexibility index (Phi) is 5.55. The Bertz CT molecular complexity index is 117. The molecule has 0 heterocycles. The van der Waals surface area contributed by atoms with E-state index in [1.165, 1.54) is 6.92 Å². The lowest BCUT2D eigenvalue weighted by Crippen LogP contribution is -2.45. The molecule has 0 saturated carbocycles. The van der Waals surface area contributed by atoms with E-state index in [2.05, 4.69) is 25.3 Å². The summed E-state index contributed by atoms with van der Waals surface area (Å²) in [5.41, 5.74) is 0. The van der Waals surface area contributed by atoms with Crippen LogP contribution in [0.3, 0.4) is 0 Å². The molecular formula is C6H14O4S2. The predicted octanol–water partition coefficient (Wildman–Crippen LogP) is -1.36. The van der Waals surface area contributed by atoms with Gasteiger partial charge in [0.25, 0.3) is 0 Å². The second-order valence-electron chi connectivity index (χ2n) is 2.63. The standard InChI is InChI=1S/C6H14O4S2/c1-2(7)3(8)4(9)5(10)6(11)12/h2-12H,1H3/t2-,3-,4+,5+/m0/s1. The molecule has 4 nitrogen and oxygen atoms in total. The van der Waals surface area contributed by atoms with Gasteiger partial charge in [0.1, 0.15) is 18.3 Å². The van der Waals surface area contributed by atoms with Crippen molar-refractivity contribution in [2.75, 3.05) is 0 Å². The van der Waals surface area contributed by atoms with E-state index in [9.17, 15) is 0 Å². The van der Waals surface area contributed by atoms with E-state index in [1.54, 1.807) is 0 Å². The molecule has 0 aromatic heterocycles. The van der Waals surface area contributed by atoms with Gasteiger partial charge in [-0.2, -0.15) is 25.3 Å². The third kappa shape index (κ3) is 3.51. The van der Waals surface area contributed by atoms with Gasteiger partial charge in [0.2, 0.25) is 0 Å². The van der Waals surface area contributed by atoms with Gasteiger partial charge in [0, 0.05) is 0 Å². The molecule has 12 heavy (non-hydrogen) atoms. The summed E-state index contributed by atoms with van der Waals surface area (Å²) in [6, 6.07) is 0. The van der Waals surface area contributed by atoms with Gasteiger partial charge in [-0.1, -0.05) is 0 Å². The molecular weight excluding hydrogens is 200 g/mol. The van der Waals surface area contributed by atoms with Gasteiger partial charge in [-0.15, -0.1) is 0 Å². The van der Waals surface area contributed by atoms with Gasteiger partial charge in [0.15, 0.2) is 0 Å². The molecule has 6 heteroatoms. The number of rotatable bonds is 4. The van der Waals surface area contributed by atoms with Crippen LogP contribution in [-0.2, 0) is 0 Å². The zero-order valence-corrected chi connectivity index (χ0v) is 8.36. The van der Waals surface area contributed by atoms with Crippen LogP contribution in [0.4, 0.5) is 0 Å². The first kappa shape index (κ1) is 12.5. The highest BCUT2D eigenvalue weighted by Crippen LogP contribution is 2.14. The number of hydrogen-bond donors (Lipinski definition) is 6. The van der Waals surface area contributed by atoms with Gasteiger partial charge in [-0.3, -0.25) is 0 Å². The normalized spacial score (nSPS) is 22.0. The summed E-state index contributed by atoms with van der Waals surface area (Å²) in [4.78, 5) is 0. The third-order valence-corrected chi connectivity index (χ3v) is 2.11. The van der Waals surface area contributed by atoms with Crippen LogP contribution < -0.4 is 0 Å². The monoisotopic (exact) mass is 214 g/mol. The molecule has 0 unspecified atom stereocenters. The highest BCUT2D eigenvalue weighted by Gasteiger charge is 2.30. The van der Waals surface area contributed by atoms with Crippen molar-refractivity contribution in [1.29, 1.82) is 0 Å². The first-order valence-electron chi connectivity index (χ1n) is 3.46. The van der Waals surface area contributed by atoms with Gasteiger partial charge in [-0.25, -0.2) is 0 Å². The van der Waals surface area contributed by atoms with Crippen molar-refractivity contribution >= 4 is 25.3 Å². The average Bonchev–Trinajstić information content (AvgIpc) is 2.00. The van der Waals surface area contributed by atoms with Crippen molar-refractivity contribution in [3.8, 4) is 0 Å². The van der Waals surface area contributed by atoms with Crippen molar-refractivity contribution in [2.45, 2.75) is 35.9 Å². The Labute approximate surface area is 82.1 Å². The predicted molar refractivity (Wildman–Crippen MR) is 51.5 cm³/mol. The molecule has 0 aliphatic rings. The summed E-state index contributed by atoms with van der Waals surface area (Å²) in [6.07, 6.45) is -5.21. The zero-order valence-electron chi connectivity index (χ0n) is 6.57. The fourth-order valence-corrected chi connectivity index (χ4v) is 1.02. The molecule has 0 fully saturated rings. The quantitative estimate of drug-likeness (QED) is 0.258. The number of aliphatic hydroxyl groups is 4. The Morgan fingerprint density at radius 1 is 0.833 bits per heavy atom. The van der Waals surface area contributed by atoms with Crippen molar-refractivity contribution in [3.63, 3.8) is 0 Å². The molecule has 0 saturated heterocycles. The summed E-state index contributed by atoms with van der Waals surface area (Å²) >= 11 is 7.51. The smallest absolute Gasteiger partial charge is 0.110 e. The molecule has 0 radical (unpaired) electrons. The lowest BCUT2D eigenvalue weighted by Gasteiger charge is -2.26. The molecule has 0 rings (SSSR count). The molecule has 74 valence electrons. The summed E-state index contributed by atoms with van der Waals surface area (Å²) in [5, 5.41) is 36.2. The van der Waals surface area contributed by atoms with Crippen molar-refractivity contribution in [1.82, 2.24) is 0 Å². The summed E-state index contributed by atoms with van der Waals surface area (Å²) in [6.45, 7) is 1.31. The van der Waals surface area contributed by atoms with Crippen LogP contribution in [0, 0.1) is 0 Å². The van der Waals surface area contributed by atoms with Gasteiger partial charge < -0.3 is 20.4 Å². The lowest BCUT2D eigenvalue weighted by atomic mass is 10.1. The van der Waals surface area contributed by atoms with Gasteiger partial charge in [0.05, 0.1) is 10.7 Å². The van der Waals surface area contributed by atoms with Gasteiger partial charge in [-0.05, 0) is 6.92 Å². The molecule has 0 bridgehead atoms. The third-order valence-electron chi connectivity index (χ3n) is 1.50. The highest BCUT2D eigenvalue weighted by atomic mass is 32.2. The van der Waals surface area contributed by atoms with E-state index >= 15 is 0 Å². The first-order chi connectivity index (χ1) is 5.37. The maximum absolute atomic E-state index is 9.17. The largest absolute Gasteiger partial charge is 0.391 e. The van der Waals surface area contributed by atoms with Crippen LogP contribution in [0.15, 0.2) is 0 Å². The minimum Gasteiger partial charge on any atom is -0.391 e. The molecule has 4 N–H and O–H groups in total. The molecule has 0 amide bonds. The first-order valence-corrected chi connectivity index (χ1v) is 4.49. The highest BCUT2D eigenvalue weighted by molar-refractivity contribution is 7.99. The SMILES string of the molecule is C[C@H](O)[C@H](O)[C@@H](O)[C@@H](O)C(S)S. The number of aliphatic hydroxyl groups excluding tert-OH is 4. The maximum Gasteiger partial charge on any atom is 0.110 e. The summed E-state index contributed by atoms with van der Waals surface area (Å²) in [5.74, 6) is 0. The Hall–Kier alpha value is 0.540. The minimum atomic E-state index is -1.44. The zero-order chi connectivity index (χ0) is 9.89. The maximum atomic E-state index is 9.17. The van der Waals surface area contributed by atoms with Crippen molar-refractivity contribution < 1.29 is 20.4 Å². The molecule has 4 atom stereocenters. The van der Waals surface area contributed by atoms with Crippen LogP contribution in [0.1, 0.15) is 6.92 Å². The lowest BCUT2D eigenvalue weighted by molar-refractivity contribution is -0.0950. The Morgan fingerprint density at radius 3 is 1.50 bits per heavy atom. The van der Waals surface area contributed by atoms with E-state index in [0.29, 0.717) is 0 Å². The van der Waals surface area contributed by atoms with E-state index in [-0.39, 0.29) is 0 Å². The molecule has 0 aliphatic carbocycles. The Morgan fingerprint density at radius 2 is 1.25 bits per heavy atom. The minimum absolute atomic E-state index is 0.756. The Balaban J connectivity index is 4.08. The average molecular weight is 214 g/mol. The number of thiol groups is 2. The fourth-order valence-electron chi connectivity index (χ4n) is 0.664. The molecule has 0 aromatic carbocycles. The molecule has 0 aromatic rings. The van der Waals surface area contributed by atoms with Crippen LogP contribution in [0.25, 0.3) is 0 Å². The topological polar surface area (TPSA) is 80.9 Å². The summed E-state index contributed by atoms with van der Waals surface area (Å²) in [7, 11) is 0. The van der Waals surface area contributed by atoms with Crippen LogP contribution >= 0.6 is 25.3 Å². The number of hydrogen-bond acceptors (Lipinski definition) is 6. The summed E-state index contributed by atoms with van der Waals surface area (Å²) < 4.78 is -0.756. The van der Waals surface area contributed by atoms with E-state index in [1.807, 2.05) is 0 Å². The van der Waals surface area contributed by atoms with Crippen molar-refractivity contribution in [2.24, 2.45) is 0 Å². The van der Waals surface area contributed by atoms with Gasteiger partial charge >= 0.3 is 0 Å². The van der Waals surface area contributed by atoms with Crippen LogP contribution in [0.2, 0.25) is 0 Å². The van der Waals surface area contributed by atoms with E-state index in [0.717, 1.165) is 0 Å². The second kappa shape index (κ2) is 5.31. The molecule has 0 spiro atoms. The molecule has 0 aliphatic heterocycles. The van der Waals surface area contributed by atoms with Crippen LogP contribution in [0.5, 0.6) is 0 Å².